The lowest BCUT2D eigenvalue weighted by molar-refractivity contribution is 1.12. The van der Waals surface area contributed by atoms with Gasteiger partial charge >= 0.3 is 0 Å². The van der Waals surface area contributed by atoms with Crippen LogP contribution in [0.25, 0.3) is 28.2 Å². The van der Waals surface area contributed by atoms with Gasteiger partial charge in [-0.15, -0.1) is 0 Å². The van der Waals surface area contributed by atoms with Crippen molar-refractivity contribution >= 4 is 11.3 Å². The average molecular weight is 328 g/mol. The maximum absolute atomic E-state index is 4.59. The van der Waals surface area contributed by atoms with Crippen LogP contribution >= 0.6 is 0 Å². The third kappa shape index (κ3) is 2.76. The van der Waals surface area contributed by atoms with Crippen LogP contribution in [-0.4, -0.2) is 28.5 Å². The molecule has 0 amide bonds. The van der Waals surface area contributed by atoms with Crippen molar-refractivity contribution in [1.29, 1.82) is 0 Å². The molecule has 0 aliphatic rings. The summed E-state index contributed by atoms with van der Waals surface area (Å²) in [5.74, 6) is 0. The maximum atomic E-state index is 4.59. The van der Waals surface area contributed by atoms with Gasteiger partial charge < -0.3 is 4.90 Å². The molecular weight excluding hydrogens is 308 g/mol. The molecule has 4 rings (SSSR count). The first-order valence-electron chi connectivity index (χ1n) is 8.30. The van der Waals surface area contributed by atoms with Crippen LogP contribution in [0.15, 0.2) is 67.1 Å². The second-order valence-electron chi connectivity index (χ2n) is 6.40. The molecule has 0 N–H and O–H groups in total. The minimum atomic E-state index is 0.851. The summed E-state index contributed by atoms with van der Waals surface area (Å²) < 4.78 is 2.11. The summed E-state index contributed by atoms with van der Waals surface area (Å²) in [6.07, 6.45) is 5.81. The van der Waals surface area contributed by atoms with Gasteiger partial charge in [0.15, 0.2) is 5.65 Å². The molecule has 0 fully saturated rings. The topological polar surface area (TPSA) is 33.4 Å². The van der Waals surface area contributed by atoms with E-state index >= 15 is 0 Å². The predicted octanol–water partition coefficient (Wildman–Crippen LogP) is 4.44. The lowest BCUT2D eigenvalue weighted by Gasteiger charge is -2.12. The van der Waals surface area contributed by atoms with Crippen molar-refractivity contribution in [3.63, 3.8) is 0 Å². The Morgan fingerprint density at radius 2 is 1.64 bits per heavy atom. The highest BCUT2D eigenvalue weighted by atomic mass is 15.1. The summed E-state index contributed by atoms with van der Waals surface area (Å²) in [7, 11) is 4.09. The molecule has 0 aliphatic heterocycles. The van der Waals surface area contributed by atoms with Gasteiger partial charge in [0.05, 0.1) is 23.8 Å². The van der Waals surface area contributed by atoms with Crippen molar-refractivity contribution in [3.8, 4) is 22.5 Å². The van der Waals surface area contributed by atoms with Crippen LogP contribution in [0.5, 0.6) is 0 Å². The minimum absolute atomic E-state index is 0.851. The molecule has 4 heteroatoms. The highest BCUT2D eigenvalue weighted by Gasteiger charge is 2.10. The van der Waals surface area contributed by atoms with Gasteiger partial charge in [-0.3, -0.25) is 9.38 Å². The smallest absolute Gasteiger partial charge is 0.155 e. The summed E-state index contributed by atoms with van der Waals surface area (Å²) in [5.41, 5.74) is 7.55. The summed E-state index contributed by atoms with van der Waals surface area (Å²) in [6, 6.07) is 16.8. The molecule has 25 heavy (non-hydrogen) atoms. The molecule has 124 valence electrons. The molecule has 4 aromatic rings. The van der Waals surface area contributed by atoms with Gasteiger partial charge in [-0.1, -0.05) is 36.4 Å². The van der Waals surface area contributed by atoms with Crippen molar-refractivity contribution < 1.29 is 0 Å². The van der Waals surface area contributed by atoms with Gasteiger partial charge in [0.1, 0.15) is 0 Å². The SMILES string of the molecule is Cc1ccccc1-c1cn2c(-c3ccc(N(C)C)cc3)cnc2cn1. The van der Waals surface area contributed by atoms with Gasteiger partial charge in [0, 0.05) is 37.1 Å². The first-order chi connectivity index (χ1) is 12.1. The number of hydrogen-bond acceptors (Lipinski definition) is 3. The number of aromatic nitrogens is 3. The van der Waals surface area contributed by atoms with Gasteiger partial charge in [-0.05, 0) is 24.6 Å². The number of fused-ring (bicyclic) bond motifs is 1. The number of benzene rings is 2. The highest BCUT2D eigenvalue weighted by Crippen LogP contribution is 2.26. The van der Waals surface area contributed by atoms with Crippen LogP contribution in [0.3, 0.4) is 0 Å². The van der Waals surface area contributed by atoms with E-state index in [0.29, 0.717) is 0 Å². The molecule has 4 nitrogen and oxygen atoms in total. The molecule has 0 saturated heterocycles. The normalized spacial score (nSPS) is 11.0. The Morgan fingerprint density at radius 1 is 0.880 bits per heavy atom. The Morgan fingerprint density at radius 3 is 2.36 bits per heavy atom. The lowest BCUT2D eigenvalue weighted by Crippen LogP contribution is -2.07. The van der Waals surface area contributed by atoms with Gasteiger partial charge in [-0.2, -0.15) is 0 Å². The summed E-state index contributed by atoms with van der Waals surface area (Å²) in [6.45, 7) is 2.11. The Balaban J connectivity index is 1.83. The molecule has 0 radical (unpaired) electrons. The van der Waals surface area contributed by atoms with Crippen molar-refractivity contribution in [2.24, 2.45) is 0 Å². The minimum Gasteiger partial charge on any atom is -0.378 e. The van der Waals surface area contributed by atoms with E-state index in [4.69, 9.17) is 0 Å². The molecule has 0 unspecified atom stereocenters. The third-order valence-electron chi connectivity index (χ3n) is 4.50. The Hall–Kier alpha value is -3.14. The zero-order valence-corrected chi connectivity index (χ0v) is 14.6. The first kappa shape index (κ1) is 15.4. The average Bonchev–Trinajstić information content (AvgIpc) is 3.05. The van der Waals surface area contributed by atoms with E-state index in [9.17, 15) is 0 Å². The summed E-state index contributed by atoms with van der Waals surface area (Å²) >= 11 is 0. The molecule has 0 atom stereocenters. The zero-order valence-electron chi connectivity index (χ0n) is 14.6. The largest absolute Gasteiger partial charge is 0.378 e. The van der Waals surface area contributed by atoms with Crippen LogP contribution in [0.2, 0.25) is 0 Å². The van der Waals surface area contributed by atoms with Crippen molar-refractivity contribution in [2.45, 2.75) is 6.92 Å². The molecule has 2 aromatic carbocycles. The monoisotopic (exact) mass is 328 g/mol. The van der Waals surface area contributed by atoms with Crippen molar-refractivity contribution in [1.82, 2.24) is 14.4 Å². The van der Waals surface area contributed by atoms with Crippen LogP contribution < -0.4 is 4.90 Å². The molecule has 0 bridgehead atoms. The second kappa shape index (κ2) is 6.06. The molecule has 0 aliphatic carbocycles. The summed E-state index contributed by atoms with van der Waals surface area (Å²) in [4.78, 5) is 11.2. The fourth-order valence-corrected chi connectivity index (χ4v) is 3.03. The fourth-order valence-electron chi connectivity index (χ4n) is 3.03. The Kier molecular flexibility index (Phi) is 3.73. The van der Waals surface area contributed by atoms with E-state index in [0.717, 1.165) is 28.2 Å². The second-order valence-corrected chi connectivity index (χ2v) is 6.40. The Labute approximate surface area is 147 Å². The van der Waals surface area contributed by atoms with Gasteiger partial charge in [-0.25, -0.2) is 4.98 Å². The van der Waals surface area contributed by atoms with E-state index in [1.165, 1.54) is 11.3 Å². The lowest BCUT2D eigenvalue weighted by atomic mass is 10.1. The molecule has 2 aromatic heterocycles. The number of hydrogen-bond donors (Lipinski definition) is 0. The number of rotatable bonds is 3. The molecule has 2 heterocycles. The van der Waals surface area contributed by atoms with Gasteiger partial charge in [0.2, 0.25) is 0 Å². The quantitative estimate of drug-likeness (QED) is 0.557. The van der Waals surface area contributed by atoms with Crippen LogP contribution in [0.1, 0.15) is 5.56 Å². The predicted molar refractivity (Wildman–Crippen MR) is 103 cm³/mol. The van der Waals surface area contributed by atoms with E-state index in [-0.39, 0.29) is 0 Å². The molecule has 0 saturated carbocycles. The standard InChI is InChI=1S/C21H20N4/c1-15-6-4-5-7-18(15)19-14-25-20(12-23-21(25)13-22-19)16-8-10-17(11-9-16)24(2)3/h4-14H,1-3H3. The number of anilines is 1. The van der Waals surface area contributed by atoms with Crippen LogP contribution in [-0.2, 0) is 0 Å². The van der Waals surface area contributed by atoms with Crippen molar-refractivity contribution in [3.05, 3.63) is 72.7 Å². The van der Waals surface area contributed by atoms with E-state index in [1.54, 1.807) is 0 Å². The molecular formula is C21H20N4. The maximum Gasteiger partial charge on any atom is 0.155 e. The summed E-state index contributed by atoms with van der Waals surface area (Å²) in [5, 5.41) is 0. The van der Waals surface area contributed by atoms with Crippen LogP contribution in [0.4, 0.5) is 5.69 Å². The fraction of sp³-hybridized carbons (Fsp3) is 0.143. The molecule has 0 spiro atoms. The van der Waals surface area contributed by atoms with E-state index in [2.05, 4.69) is 68.8 Å². The van der Waals surface area contributed by atoms with Crippen molar-refractivity contribution in [2.75, 3.05) is 19.0 Å². The third-order valence-corrected chi connectivity index (χ3v) is 4.50. The first-order valence-corrected chi connectivity index (χ1v) is 8.30. The van der Waals surface area contributed by atoms with E-state index < -0.39 is 0 Å². The highest BCUT2D eigenvalue weighted by molar-refractivity contribution is 5.69. The zero-order chi connectivity index (χ0) is 17.4. The van der Waals surface area contributed by atoms with Gasteiger partial charge in [0.25, 0.3) is 0 Å². The number of aryl methyl sites for hydroxylation is 1. The Bertz CT molecular complexity index is 1030. The van der Waals surface area contributed by atoms with E-state index in [1.807, 2.05) is 38.6 Å². The number of imidazole rings is 1. The van der Waals surface area contributed by atoms with Crippen LogP contribution in [0, 0.1) is 6.92 Å². The number of nitrogens with zero attached hydrogens (tertiary/aromatic N) is 4.